The first-order valence-corrected chi connectivity index (χ1v) is 5.16. The van der Waals surface area contributed by atoms with Crippen LogP contribution in [0.3, 0.4) is 0 Å². The minimum atomic E-state index is -1.38. The molecular formula is C11H16N2O4. The quantitative estimate of drug-likeness (QED) is 0.676. The van der Waals surface area contributed by atoms with E-state index in [4.69, 9.17) is 15.3 Å². The Balaban J connectivity index is 2.74. The molecule has 0 aliphatic heterocycles. The molecule has 0 radical (unpaired) electrons. The van der Waals surface area contributed by atoms with Crippen LogP contribution in [0.25, 0.3) is 0 Å². The molecule has 17 heavy (non-hydrogen) atoms. The van der Waals surface area contributed by atoms with E-state index in [1.165, 1.54) is 0 Å². The number of aryl methyl sites for hydroxylation is 2. The molecule has 6 heteroatoms. The van der Waals surface area contributed by atoms with Gasteiger partial charge >= 0.3 is 0 Å². The zero-order valence-electron chi connectivity index (χ0n) is 10.0. The molecule has 1 atom stereocenters. The van der Waals surface area contributed by atoms with Gasteiger partial charge in [-0.25, -0.2) is 0 Å². The number of carbonyl (C=O) groups excluding carboxylic acids is 2. The highest BCUT2D eigenvalue weighted by molar-refractivity contribution is 5.97. The molecule has 0 saturated heterocycles. The Morgan fingerprint density at radius 1 is 1.35 bits per heavy atom. The molecule has 0 bridgehead atoms. The van der Waals surface area contributed by atoms with Gasteiger partial charge in [-0.05, 0) is 20.8 Å². The van der Waals surface area contributed by atoms with Crippen molar-refractivity contribution in [2.75, 3.05) is 6.54 Å². The third-order valence-electron chi connectivity index (χ3n) is 2.57. The van der Waals surface area contributed by atoms with Crippen molar-refractivity contribution >= 4 is 11.8 Å². The summed E-state index contributed by atoms with van der Waals surface area (Å²) in [6, 6.07) is 0. The topological polar surface area (TPSA) is 106 Å². The lowest BCUT2D eigenvalue weighted by atomic mass is 10.1. The second-order valence-electron chi connectivity index (χ2n) is 3.84. The van der Waals surface area contributed by atoms with Crippen molar-refractivity contribution in [2.45, 2.75) is 26.9 Å². The minimum Gasteiger partial charge on any atom is -0.466 e. The molecule has 4 N–H and O–H groups in total. The fraction of sp³-hybridized carbons (Fsp3) is 0.455. The Morgan fingerprint density at radius 2 is 1.94 bits per heavy atom. The van der Waals surface area contributed by atoms with E-state index in [9.17, 15) is 9.59 Å². The van der Waals surface area contributed by atoms with Gasteiger partial charge in [0.15, 0.2) is 0 Å². The van der Waals surface area contributed by atoms with Gasteiger partial charge in [-0.2, -0.15) is 0 Å². The molecule has 0 fully saturated rings. The predicted molar refractivity (Wildman–Crippen MR) is 60.5 cm³/mol. The number of furan rings is 1. The maximum atomic E-state index is 11.8. The third-order valence-corrected chi connectivity index (χ3v) is 2.57. The van der Waals surface area contributed by atoms with Crippen molar-refractivity contribution in [1.29, 1.82) is 0 Å². The summed E-state index contributed by atoms with van der Waals surface area (Å²) in [5, 5.41) is 11.6. The smallest absolute Gasteiger partial charge is 0.255 e. The number of carbonyl (C=O) groups is 2. The summed E-state index contributed by atoms with van der Waals surface area (Å²) in [5.74, 6) is -0.0894. The Morgan fingerprint density at radius 3 is 2.35 bits per heavy atom. The van der Waals surface area contributed by atoms with Crippen LogP contribution < -0.4 is 11.1 Å². The van der Waals surface area contributed by atoms with Crippen LogP contribution in [0, 0.1) is 20.8 Å². The van der Waals surface area contributed by atoms with Crippen LogP contribution in [0.5, 0.6) is 0 Å². The summed E-state index contributed by atoms with van der Waals surface area (Å²) < 4.78 is 5.31. The maximum absolute atomic E-state index is 11.8. The summed E-state index contributed by atoms with van der Waals surface area (Å²) in [5.41, 5.74) is 6.04. The van der Waals surface area contributed by atoms with Crippen molar-refractivity contribution in [3.63, 3.8) is 0 Å². The number of primary amides is 1. The van der Waals surface area contributed by atoms with Gasteiger partial charge in [0.05, 0.1) is 12.1 Å². The van der Waals surface area contributed by atoms with Gasteiger partial charge < -0.3 is 20.6 Å². The largest absolute Gasteiger partial charge is 0.466 e. The zero-order valence-corrected chi connectivity index (χ0v) is 10.0. The fourth-order valence-corrected chi connectivity index (χ4v) is 1.51. The van der Waals surface area contributed by atoms with E-state index < -0.39 is 17.9 Å². The number of hydrogen-bond acceptors (Lipinski definition) is 4. The molecule has 0 saturated carbocycles. The van der Waals surface area contributed by atoms with Gasteiger partial charge in [-0.1, -0.05) is 0 Å². The van der Waals surface area contributed by atoms with Crippen molar-refractivity contribution in [3.05, 3.63) is 22.6 Å². The Hall–Kier alpha value is -1.82. The van der Waals surface area contributed by atoms with E-state index in [1.807, 2.05) is 0 Å². The number of nitrogens with one attached hydrogen (secondary N) is 1. The lowest BCUT2D eigenvalue weighted by Crippen LogP contribution is -2.40. The lowest BCUT2D eigenvalue weighted by Gasteiger charge is -2.08. The van der Waals surface area contributed by atoms with E-state index in [-0.39, 0.29) is 6.54 Å². The average molecular weight is 240 g/mol. The Labute approximate surface area is 98.8 Å². The van der Waals surface area contributed by atoms with Crippen LogP contribution in [0.1, 0.15) is 27.4 Å². The molecule has 1 unspecified atom stereocenters. The molecule has 1 rings (SSSR count). The second kappa shape index (κ2) is 5.01. The van der Waals surface area contributed by atoms with Crippen LogP contribution >= 0.6 is 0 Å². The van der Waals surface area contributed by atoms with Crippen LogP contribution in [0.2, 0.25) is 0 Å². The van der Waals surface area contributed by atoms with Gasteiger partial charge in [0.1, 0.15) is 17.6 Å². The number of amides is 2. The van der Waals surface area contributed by atoms with Crippen LogP contribution in [-0.4, -0.2) is 29.6 Å². The highest BCUT2D eigenvalue weighted by Gasteiger charge is 2.20. The van der Waals surface area contributed by atoms with E-state index in [2.05, 4.69) is 5.32 Å². The maximum Gasteiger partial charge on any atom is 0.255 e. The summed E-state index contributed by atoms with van der Waals surface area (Å²) in [6.45, 7) is 5.00. The molecule has 0 aliphatic carbocycles. The van der Waals surface area contributed by atoms with Gasteiger partial charge in [0.2, 0.25) is 5.91 Å². The normalized spacial score (nSPS) is 12.2. The van der Waals surface area contributed by atoms with Gasteiger partial charge in [0, 0.05) is 5.56 Å². The Kier molecular flexibility index (Phi) is 3.90. The molecule has 1 aromatic rings. The van der Waals surface area contributed by atoms with E-state index in [0.717, 1.165) is 5.56 Å². The van der Waals surface area contributed by atoms with Crippen molar-refractivity contribution in [3.8, 4) is 0 Å². The monoisotopic (exact) mass is 240 g/mol. The first kappa shape index (κ1) is 13.2. The highest BCUT2D eigenvalue weighted by Crippen LogP contribution is 2.20. The first-order valence-electron chi connectivity index (χ1n) is 5.16. The summed E-state index contributed by atoms with van der Waals surface area (Å²) >= 11 is 0. The summed E-state index contributed by atoms with van der Waals surface area (Å²) in [4.78, 5) is 22.4. The van der Waals surface area contributed by atoms with Gasteiger partial charge in [-0.3, -0.25) is 9.59 Å². The Bertz CT molecular complexity index is 451. The zero-order chi connectivity index (χ0) is 13.2. The molecule has 0 spiro atoms. The number of hydrogen-bond donors (Lipinski definition) is 3. The molecular weight excluding hydrogens is 224 g/mol. The van der Waals surface area contributed by atoms with E-state index in [0.29, 0.717) is 17.1 Å². The predicted octanol–water partition coefficient (Wildman–Crippen LogP) is -0.219. The van der Waals surface area contributed by atoms with Crippen LogP contribution in [-0.2, 0) is 4.79 Å². The lowest BCUT2D eigenvalue weighted by molar-refractivity contribution is -0.125. The number of nitrogens with two attached hydrogens (primary N) is 1. The second-order valence-corrected chi connectivity index (χ2v) is 3.84. The van der Waals surface area contributed by atoms with E-state index in [1.54, 1.807) is 20.8 Å². The van der Waals surface area contributed by atoms with Gasteiger partial charge in [-0.15, -0.1) is 0 Å². The molecule has 6 nitrogen and oxygen atoms in total. The molecule has 2 amide bonds. The third kappa shape index (κ3) is 2.85. The SMILES string of the molecule is Cc1oc(C)c(C(=O)NCC(O)C(N)=O)c1C. The summed E-state index contributed by atoms with van der Waals surface area (Å²) in [7, 11) is 0. The first-order chi connectivity index (χ1) is 7.84. The molecule has 0 aliphatic rings. The molecule has 94 valence electrons. The van der Waals surface area contributed by atoms with Gasteiger partial charge in [0.25, 0.3) is 5.91 Å². The molecule has 0 aromatic carbocycles. The average Bonchev–Trinajstić information content (AvgIpc) is 2.49. The van der Waals surface area contributed by atoms with E-state index >= 15 is 0 Å². The van der Waals surface area contributed by atoms with Crippen molar-refractivity contribution in [1.82, 2.24) is 5.32 Å². The molecule has 1 heterocycles. The van der Waals surface area contributed by atoms with Crippen LogP contribution in [0.15, 0.2) is 4.42 Å². The number of aliphatic hydroxyl groups excluding tert-OH is 1. The van der Waals surface area contributed by atoms with Crippen molar-refractivity contribution in [2.24, 2.45) is 5.73 Å². The number of aliphatic hydroxyl groups is 1. The van der Waals surface area contributed by atoms with Crippen LogP contribution in [0.4, 0.5) is 0 Å². The van der Waals surface area contributed by atoms with Crippen molar-refractivity contribution < 1.29 is 19.1 Å². The highest BCUT2D eigenvalue weighted by atomic mass is 16.3. The molecule has 1 aromatic heterocycles. The minimum absolute atomic E-state index is 0.211. The fourth-order valence-electron chi connectivity index (χ4n) is 1.51. The number of rotatable bonds is 4. The standard InChI is InChI=1S/C11H16N2O4/c1-5-6(2)17-7(3)9(5)11(16)13-4-8(14)10(12)15/h8,14H,4H2,1-3H3,(H2,12,15)(H,13,16). The summed E-state index contributed by atoms with van der Waals surface area (Å²) in [6.07, 6.45) is -1.38.